The molecule has 0 aliphatic rings. The molecule has 1 N–H and O–H groups in total. The van der Waals surface area contributed by atoms with E-state index in [1.54, 1.807) is 6.92 Å². The Labute approximate surface area is 123 Å². The summed E-state index contributed by atoms with van der Waals surface area (Å²) < 4.78 is 1.51. The van der Waals surface area contributed by atoms with Crippen LogP contribution in [0.5, 0.6) is 0 Å². The van der Waals surface area contributed by atoms with Gasteiger partial charge in [-0.3, -0.25) is 4.90 Å². The standard InChI is InChI=1S/C14H19N5O2/c1-4-18(5-2)14(3,13(20)21)11-7-6-8-12(9-11)19-10-15-16-17-19/h6-10H,4-5H2,1-3H3,(H,20,21). The molecule has 0 saturated heterocycles. The number of nitrogens with zero attached hydrogens (tertiary/aromatic N) is 5. The summed E-state index contributed by atoms with van der Waals surface area (Å²) in [5.41, 5.74) is 0.344. The van der Waals surface area contributed by atoms with Gasteiger partial charge in [-0.1, -0.05) is 26.0 Å². The Kier molecular flexibility index (Phi) is 4.32. The van der Waals surface area contributed by atoms with E-state index in [0.717, 1.165) is 5.69 Å². The van der Waals surface area contributed by atoms with Crippen molar-refractivity contribution >= 4 is 5.97 Å². The van der Waals surface area contributed by atoms with Gasteiger partial charge in [0.25, 0.3) is 0 Å². The summed E-state index contributed by atoms with van der Waals surface area (Å²) in [6.07, 6.45) is 1.48. The van der Waals surface area contributed by atoms with E-state index in [-0.39, 0.29) is 0 Å². The molecule has 7 heteroatoms. The van der Waals surface area contributed by atoms with Crippen molar-refractivity contribution in [1.82, 2.24) is 25.1 Å². The highest BCUT2D eigenvalue weighted by molar-refractivity contribution is 5.80. The number of carboxylic acid groups (broad SMARTS) is 1. The highest BCUT2D eigenvalue weighted by Gasteiger charge is 2.40. The summed E-state index contributed by atoms with van der Waals surface area (Å²) in [5.74, 6) is -0.875. The van der Waals surface area contributed by atoms with Crippen LogP contribution in [0, 0.1) is 0 Å². The Hall–Kier alpha value is -2.28. The van der Waals surface area contributed by atoms with E-state index < -0.39 is 11.5 Å². The normalized spacial score (nSPS) is 14.1. The van der Waals surface area contributed by atoms with Gasteiger partial charge in [0.2, 0.25) is 0 Å². The van der Waals surface area contributed by atoms with Crippen LogP contribution in [-0.4, -0.2) is 49.3 Å². The lowest BCUT2D eigenvalue weighted by Gasteiger charge is -2.37. The van der Waals surface area contributed by atoms with Gasteiger partial charge in [-0.05, 0) is 48.1 Å². The monoisotopic (exact) mass is 289 g/mol. The van der Waals surface area contributed by atoms with Gasteiger partial charge in [-0.25, -0.2) is 9.48 Å². The van der Waals surface area contributed by atoms with E-state index in [0.29, 0.717) is 18.7 Å². The zero-order chi connectivity index (χ0) is 15.5. The topological polar surface area (TPSA) is 84.1 Å². The number of benzene rings is 1. The van der Waals surface area contributed by atoms with Crippen LogP contribution in [0.4, 0.5) is 0 Å². The van der Waals surface area contributed by atoms with Gasteiger partial charge < -0.3 is 5.11 Å². The van der Waals surface area contributed by atoms with Gasteiger partial charge >= 0.3 is 5.97 Å². The molecule has 1 atom stereocenters. The molecule has 1 aromatic heterocycles. The molecule has 0 spiro atoms. The molecule has 0 amide bonds. The molecule has 2 rings (SSSR count). The van der Waals surface area contributed by atoms with Crippen LogP contribution in [0.25, 0.3) is 5.69 Å². The number of carbonyl (C=O) groups is 1. The number of hydrogen-bond donors (Lipinski definition) is 1. The van der Waals surface area contributed by atoms with E-state index in [4.69, 9.17) is 0 Å². The number of likely N-dealkylation sites (N-methyl/N-ethyl adjacent to an activating group) is 1. The molecule has 1 unspecified atom stereocenters. The maximum Gasteiger partial charge on any atom is 0.328 e. The average molecular weight is 289 g/mol. The van der Waals surface area contributed by atoms with E-state index in [1.807, 2.05) is 43.0 Å². The molecule has 1 heterocycles. The molecule has 112 valence electrons. The van der Waals surface area contributed by atoms with Gasteiger partial charge in [0.15, 0.2) is 0 Å². The molecule has 0 bridgehead atoms. The minimum Gasteiger partial charge on any atom is -0.480 e. The maximum absolute atomic E-state index is 11.9. The van der Waals surface area contributed by atoms with Crippen molar-refractivity contribution in [1.29, 1.82) is 0 Å². The second-order valence-corrected chi connectivity index (χ2v) is 4.85. The predicted octanol–water partition coefficient (Wildman–Crippen LogP) is 1.30. The van der Waals surface area contributed by atoms with Crippen LogP contribution < -0.4 is 0 Å². The molecule has 21 heavy (non-hydrogen) atoms. The first kappa shape index (κ1) is 15.1. The third-order valence-electron chi connectivity index (χ3n) is 3.83. The van der Waals surface area contributed by atoms with Crippen molar-refractivity contribution in [2.24, 2.45) is 0 Å². The van der Waals surface area contributed by atoms with Crippen molar-refractivity contribution in [3.63, 3.8) is 0 Å². The van der Waals surface area contributed by atoms with Gasteiger partial charge in [-0.2, -0.15) is 0 Å². The Balaban J connectivity index is 2.51. The second kappa shape index (κ2) is 6.01. The minimum absolute atomic E-state index is 0.647. The Morgan fingerprint density at radius 2 is 2.10 bits per heavy atom. The first-order chi connectivity index (χ1) is 10.0. The van der Waals surface area contributed by atoms with E-state index >= 15 is 0 Å². The summed E-state index contributed by atoms with van der Waals surface area (Å²) >= 11 is 0. The van der Waals surface area contributed by atoms with Crippen molar-refractivity contribution in [2.75, 3.05) is 13.1 Å². The van der Waals surface area contributed by atoms with Gasteiger partial charge in [0, 0.05) is 0 Å². The quantitative estimate of drug-likeness (QED) is 0.863. The Morgan fingerprint density at radius 1 is 1.38 bits per heavy atom. The SMILES string of the molecule is CCN(CC)C(C)(C(=O)O)c1cccc(-n2cnnn2)c1. The smallest absolute Gasteiger partial charge is 0.328 e. The van der Waals surface area contributed by atoms with Gasteiger partial charge in [0.05, 0.1) is 5.69 Å². The maximum atomic E-state index is 11.9. The fourth-order valence-electron chi connectivity index (χ4n) is 2.53. The zero-order valence-electron chi connectivity index (χ0n) is 12.4. The van der Waals surface area contributed by atoms with Crippen LogP contribution in [-0.2, 0) is 10.3 Å². The summed E-state index contributed by atoms with van der Waals surface area (Å²) in [6, 6.07) is 7.28. The summed E-state index contributed by atoms with van der Waals surface area (Å²) in [4.78, 5) is 13.8. The largest absolute Gasteiger partial charge is 0.480 e. The van der Waals surface area contributed by atoms with E-state index in [2.05, 4.69) is 15.5 Å². The molecule has 0 aliphatic heterocycles. The molecule has 0 radical (unpaired) electrons. The van der Waals surface area contributed by atoms with Crippen LogP contribution in [0.15, 0.2) is 30.6 Å². The van der Waals surface area contributed by atoms with E-state index in [1.165, 1.54) is 11.0 Å². The summed E-state index contributed by atoms with van der Waals surface area (Å²) in [7, 11) is 0. The highest BCUT2D eigenvalue weighted by Crippen LogP contribution is 2.29. The van der Waals surface area contributed by atoms with E-state index in [9.17, 15) is 9.90 Å². The molecule has 0 fully saturated rings. The fraction of sp³-hybridized carbons (Fsp3) is 0.429. The lowest BCUT2D eigenvalue weighted by molar-refractivity contribution is -0.151. The molecule has 0 saturated carbocycles. The third kappa shape index (κ3) is 2.64. The first-order valence-electron chi connectivity index (χ1n) is 6.86. The van der Waals surface area contributed by atoms with Gasteiger partial charge in [-0.15, -0.1) is 5.10 Å². The molecular weight excluding hydrogens is 270 g/mol. The Bertz CT molecular complexity index is 610. The number of carboxylic acids is 1. The van der Waals surface area contributed by atoms with Crippen molar-refractivity contribution < 1.29 is 9.90 Å². The first-order valence-corrected chi connectivity index (χ1v) is 6.86. The molecule has 2 aromatic rings. The Morgan fingerprint density at radius 3 is 2.62 bits per heavy atom. The second-order valence-electron chi connectivity index (χ2n) is 4.85. The lowest BCUT2D eigenvalue weighted by atomic mass is 9.89. The molecular formula is C14H19N5O2. The molecule has 1 aromatic carbocycles. The van der Waals surface area contributed by atoms with Crippen LogP contribution in [0.3, 0.4) is 0 Å². The third-order valence-corrected chi connectivity index (χ3v) is 3.83. The number of aliphatic carboxylic acids is 1. The number of hydrogen-bond acceptors (Lipinski definition) is 5. The number of tetrazole rings is 1. The molecule has 7 nitrogen and oxygen atoms in total. The van der Waals surface area contributed by atoms with Crippen LogP contribution in [0.1, 0.15) is 26.3 Å². The summed E-state index contributed by atoms with van der Waals surface area (Å²) in [5, 5.41) is 20.8. The lowest BCUT2D eigenvalue weighted by Crippen LogP contribution is -2.49. The summed E-state index contributed by atoms with van der Waals surface area (Å²) in [6.45, 7) is 6.93. The molecule has 0 aliphatic carbocycles. The van der Waals surface area contributed by atoms with Crippen LogP contribution >= 0.6 is 0 Å². The average Bonchev–Trinajstić information content (AvgIpc) is 3.02. The van der Waals surface area contributed by atoms with Crippen molar-refractivity contribution in [2.45, 2.75) is 26.3 Å². The highest BCUT2D eigenvalue weighted by atomic mass is 16.4. The van der Waals surface area contributed by atoms with Crippen LogP contribution in [0.2, 0.25) is 0 Å². The number of rotatable bonds is 6. The van der Waals surface area contributed by atoms with Crippen molar-refractivity contribution in [3.05, 3.63) is 36.2 Å². The number of aromatic nitrogens is 4. The minimum atomic E-state index is -1.09. The van der Waals surface area contributed by atoms with Gasteiger partial charge in [0.1, 0.15) is 11.9 Å². The fourth-order valence-corrected chi connectivity index (χ4v) is 2.53. The predicted molar refractivity (Wildman–Crippen MR) is 77.1 cm³/mol. The van der Waals surface area contributed by atoms with Crippen molar-refractivity contribution in [3.8, 4) is 5.69 Å². The zero-order valence-corrected chi connectivity index (χ0v) is 12.4.